The highest BCUT2D eigenvalue weighted by Gasteiger charge is 2.28. The van der Waals surface area contributed by atoms with Crippen LogP contribution in [0, 0.1) is 11.8 Å². The van der Waals surface area contributed by atoms with E-state index in [0.717, 1.165) is 44.7 Å². The maximum absolute atomic E-state index is 12.6. The number of carbonyl (C=O) groups is 1. The lowest BCUT2D eigenvalue weighted by Crippen LogP contribution is -2.41. The standard InChI is InChI=1S/C17H34N2O/c1-3-5-7-15-8-10-16(11-9-15)17(20)19(14-12-18)13-6-4-2/h15-16H,3-14,18H2,1-2H3. The van der Waals surface area contributed by atoms with Crippen molar-refractivity contribution in [2.45, 2.75) is 71.6 Å². The molecular weight excluding hydrogens is 248 g/mol. The maximum atomic E-state index is 12.6. The van der Waals surface area contributed by atoms with Gasteiger partial charge >= 0.3 is 0 Å². The molecule has 118 valence electrons. The Labute approximate surface area is 125 Å². The number of nitrogens with zero attached hydrogens (tertiary/aromatic N) is 1. The number of nitrogens with two attached hydrogens (primary N) is 1. The van der Waals surface area contributed by atoms with Crippen LogP contribution in [-0.4, -0.2) is 30.4 Å². The first-order chi connectivity index (χ1) is 9.72. The Bertz CT molecular complexity index is 260. The van der Waals surface area contributed by atoms with Crippen LogP contribution < -0.4 is 5.73 Å². The molecular formula is C17H34N2O. The predicted molar refractivity (Wildman–Crippen MR) is 85.5 cm³/mol. The molecule has 1 aliphatic rings. The van der Waals surface area contributed by atoms with Crippen molar-refractivity contribution < 1.29 is 4.79 Å². The van der Waals surface area contributed by atoms with Crippen LogP contribution in [0.5, 0.6) is 0 Å². The Kier molecular flexibility index (Phi) is 8.92. The average molecular weight is 282 g/mol. The number of rotatable bonds is 9. The summed E-state index contributed by atoms with van der Waals surface area (Å²) in [6, 6.07) is 0. The van der Waals surface area contributed by atoms with Gasteiger partial charge in [0.25, 0.3) is 0 Å². The minimum atomic E-state index is 0.274. The van der Waals surface area contributed by atoms with Crippen LogP contribution in [0.1, 0.15) is 71.6 Å². The molecule has 1 rings (SSSR count). The molecule has 0 radical (unpaired) electrons. The summed E-state index contributed by atoms with van der Waals surface area (Å²) in [5.41, 5.74) is 5.65. The molecule has 0 aliphatic heterocycles. The van der Waals surface area contributed by atoms with Crippen LogP contribution in [-0.2, 0) is 4.79 Å². The van der Waals surface area contributed by atoms with Gasteiger partial charge in [-0.25, -0.2) is 0 Å². The lowest BCUT2D eigenvalue weighted by Gasteiger charge is -2.32. The highest BCUT2D eigenvalue weighted by molar-refractivity contribution is 5.78. The molecule has 1 fully saturated rings. The fourth-order valence-electron chi connectivity index (χ4n) is 3.29. The van der Waals surface area contributed by atoms with E-state index in [-0.39, 0.29) is 5.92 Å². The summed E-state index contributed by atoms with van der Waals surface area (Å²) >= 11 is 0. The monoisotopic (exact) mass is 282 g/mol. The van der Waals surface area contributed by atoms with Crippen LogP contribution in [0.3, 0.4) is 0 Å². The van der Waals surface area contributed by atoms with E-state index in [1.807, 2.05) is 4.90 Å². The zero-order valence-corrected chi connectivity index (χ0v) is 13.6. The van der Waals surface area contributed by atoms with E-state index in [2.05, 4.69) is 13.8 Å². The summed E-state index contributed by atoms with van der Waals surface area (Å²) < 4.78 is 0. The van der Waals surface area contributed by atoms with Gasteiger partial charge < -0.3 is 10.6 Å². The van der Waals surface area contributed by atoms with Gasteiger partial charge in [0.2, 0.25) is 5.91 Å². The molecule has 0 unspecified atom stereocenters. The molecule has 0 atom stereocenters. The van der Waals surface area contributed by atoms with E-state index in [4.69, 9.17) is 5.73 Å². The van der Waals surface area contributed by atoms with E-state index in [1.54, 1.807) is 0 Å². The van der Waals surface area contributed by atoms with Crippen LogP contribution in [0.25, 0.3) is 0 Å². The molecule has 0 aromatic rings. The van der Waals surface area contributed by atoms with Crippen molar-refractivity contribution in [1.29, 1.82) is 0 Å². The van der Waals surface area contributed by atoms with Crippen LogP contribution in [0.15, 0.2) is 0 Å². The fraction of sp³-hybridized carbons (Fsp3) is 0.941. The summed E-state index contributed by atoms with van der Waals surface area (Å²) in [5.74, 6) is 1.52. The fourth-order valence-corrected chi connectivity index (χ4v) is 3.29. The smallest absolute Gasteiger partial charge is 0.225 e. The molecule has 0 spiro atoms. The van der Waals surface area contributed by atoms with Crippen molar-refractivity contribution in [3.8, 4) is 0 Å². The molecule has 1 amide bonds. The van der Waals surface area contributed by atoms with E-state index in [1.165, 1.54) is 32.1 Å². The zero-order valence-electron chi connectivity index (χ0n) is 13.6. The largest absolute Gasteiger partial charge is 0.341 e. The number of hydrogen-bond acceptors (Lipinski definition) is 2. The molecule has 3 nitrogen and oxygen atoms in total. The first kappa shape index (κ1) is 17.5. The minimum Gasteiger partial charge on any atom is -0.341 e. The second-order valence-corrected chi connectivity index (χ2v) is 6.33. The van der Waals surface area contributed by atoms with Gasteiger partial charge in [0, 0.05) is 25.6 Å². The number of amides is 1. The highest BCUT2D eigenvalue weighted by Crippen LogP contribution is 2.32. The molecule has 1 saturated carbocycles. The molecule has 0 saturated heterocycles. The second-order valence-electron chi connectivity index (χ2n) is 6.33. The van der Waals surface area contributed by atoms with Crippen molar-refractivity contribution in [2.24, 2.45) is 17.6 Å². The molecule has 0 aromatic carbocycles. The lowest BCUT2D eigenvalue weighted by molar-refractivity contribution is -0.136. The van der Waals surface area contributed by atoms with E-state index in [9.17, 15) is 4.79 Å². The SMILES string of the molecule is CCCCC1CCC(C(=O)N(CCN)CCCC)CC1. The Morgan fingerprint density at radius 1 is 1.05 bits per heavy atom. The zero-order chi connectivity index (χ0) is 14.8. The molecule has 0 bridgehead atoms. The quantitative estimate of drug-likeness (QED) is 0.702. The molecule has 0 heterocycles. The van der Waals surface area contributed by atoms with Crippen LogP contribution in [0.4, 0.5) is 0 Å². The summed E-state index contributed by atoms with van der Waals surface area (Å²) in [6.07, 6.45) is 10.9. The Balaban J connectivity index is 2.38. The normalized spacial score (nSPS) is 22.8. The molecule has 1 aliphatic carbocycles. The second kappa shape index (κ2) is 10.2. The van der Waals surface area contributed by atoms with Gasteiger partial charge in [0.15, 0.2) is 0 Å². The Morgan fingerprint density at radius 3 is 2.25 bits per heavy atom. The van der Waals surface area contributed by atoms with Crippen molar-refractivity contribution in [2.75, 3.05) is 19.6 Å². The number of hydrogen-bond donors (Lipinski definition) is 1. The van der Waals surface area contributed by atoms with E-state index < -0.39 is 0 Å². The Hall–Kier alpha value is -0.570. The van der Waals surface area contributed by atoms with Crippen molar-refractivity contribution >= 4 is 5.91 Å². The first-order valence-corrected chi connectivity index (χ1v) is 8.71. The summed E-state index contributed by atoms with van der Waals surface area (Å²) in [6.45, 7) is 6.63. The maximum Gasteiger partial charge on any atom is 0.225 e. The van der Waals surface area contributed by atoms with Crippen LogP contribution >= 0.6 is 0 Å². The van der Waals surface area contributed by atoms with Gasteiger partial charge in [-0.05, 0) is 38.0 Å². The van der Waals surface area contributed by atoms with Gasteiger partial charge in [-0.15, -0.1) is 0 Å². The third-order valence-corrected chi connectivity index (χ3v) is 4.65. The van der Waals surface area contributed by atoms with Gasteiger partial charge in [0.1, 0.15) is 0 Å². The average Bonchev–Trinajstić information content (AvgIpc) is 2.49. The summed E-state index contributed by atoms with van der Waals surface area (Å²) in [4.78, 5) is 14.6. The third-order valence-electron chi connectivity index (χ3n) is 4.65. The number of carbonyl (C=O) groups excluding carboxylic acids is 1. The van der Waals surface area contributed by atoms with Gasteiger partial charge in [-0.3, -0.25) is 4.79 Å². The molecule has 20 heavy (non-hydrogen) atoms. The molecule has 3 heteroatoms. The summed E-state index contributed by atoms with van der Waals surface area (Å²) in [5, 5.41) is 0. The number of unbranched alkanes of at least 4 members (excludes halogenated alkanes) is 2. The first-order valence-electron chi connectivity index (χ1n) is 8.71. The Morgan fingerprint density at radius 2 is 1.70 bits per heavy atom. The van der Waals surface area contributed by atoms with Gasteiger partial charge in [-0.2, -0.15) is 0 Å². The highest BCUT2D eigenvalue weighted by atomic mass is 16.2. The topological polar surface area (TPSA) is 46.3 Å². The van der Waals surface area contributed by atoms with Crippen molar-refractivity contribution in [3.63, 3.8) is 0 Å². The molecule has 2 N–H and O–H groups in total. The minimum absolute atomic E-state index is 0.274. The lowest BCUT2D eigenvalue weighted by atomic mass is 9.79. The third kappa shape index (κ3) is 5.82. The van der Waals surface area contributed by atoms with E-state index in [0.29, 0.717) is 12.5 Å². The molecule has 0 aromatic heterocycles. The van der Waals surface area contributed by atoms with Crippen LogP contribution in [0.2, 0.25) is 0 Å². The van der Waals surface area contributed by atoms with E-state index >= 15 is 0 Å². The van der Waals surface area contributed by atoms with Gasteiger partial charge in [0.05, 0.1) is 0 Å². The predicted octanol–water partition coefficient (Wildman–Crippen LogP) is 3.57. The van der Waals surface area contributed by atoms with Crippen molar-refractivity contribution in [1.82, 2.24) is 4.90 Å². The van der Waals surface area contributed by atoms with Gasteiger partial charge in [-0.1, -0.05) is 39.5 Å². The van der Waals surface area contributed by atoms with Crippen molar-refractivity contribution in [3.05, 3.63) is 0 Å². The summed E-state index contributed by atoms with van der Waals surface area (Å²) in [7, 11) is 0.